The fourth-order valence-corrected chi connectivity index (χ4v) is 6.07. The molecular weight excluding hydrogens is 564 g/mol. The van der Waals surface area contributed by atoms with Gasteiger partial charge in [-0.15, -0.1) is 0 Å². The quantitative estimate of drug-likeness (QED) is 0.109. The van der Waals surface area contributed by atoms with Gasteiger partial charge in [0.2, 0.25) is 5.82 Å². The molecule has 0 saturated carbocycles. The number of hydrogen-bond donors (Lipinski definition) is 5. The highest BCUT2D eigenvalue weighted by Gasteiger charge is 2.31. The van der Waals surface area contributed by atoms with Crippen LogP contribution in [-0.4, -0.2) is 34.2 Å². The lowest BCUT2D eigenvalue weighted by atomic mass is 9.85. The number of rotatable bonds is 6. The summed E-state index contributed by atoms with van der Waals surface area (Å²) in [7, 11) is 0. The van der Waals surface area contributed by atoms with Crippen molar-refractivity contribution in [2.45, 2.75) is 77.0 Å². The first-order valence-electron chi connectivity index (χ1n) is 15.7. The van der Waals surface area contributed by atoms with Crippen LogP contribution in [0.5, 0.6) is 5.75 Å². The number of aromatic nitrogens is 3. The van der Waals surface area contributed by atoms with Crippen LogP contribution in [0.2, 0.25) is 0 Å². The summed E-state index contributed by atoms with van der Waals surface area (Å²) < 4.78 is 10.0. The molecule has 6 N–H and O–H groups in total. The molecular formula is C35H43N8O2+. The number of carbonyl (C=O) groups excluding carboxylic acids is 1. The van der Waals surface area contributed by atoms with Gasteiger partial charge in [-0.2, -0.15) is 10.5 Å². The zero-order valence-electron chi connectivity index (χ0n) is 26.4. The number of benzene rings is 2. The van der Waals surface area contributed by atoms with Crippen LogP contribution in [0.4, 0.5) is 16.4 Å². The molecule has 4 aromatic rings. The molecule has 45 heavy (non-hydrogen) atoms. The number of nitrogen functional groups attached to an aromatic ring is 1. The van der Waals surface area contributed by atoms with Crippen molar-refractivity contribution in [2.24, 2.45) is 0 Å². The Morgan fingerprint density at radius 2 is 1.82 bits per heavy atom. The normalized spacial score (nSPS) is 19.5. The van der Waals surface area contributed by atoms with Crippen molar-refractivity contribution in [3.05, 3.63) is 95.3 Å². The molecule has 1 fully saturated rings. The molecule has 2 aromatic carbocycles. The minimum absolute atomic E-state index is 0.0171. The zero-order chi connectivity index (χ0) is 31.7. The Hall–Kier alpha value is -4.70. The molecule has 2 aliphatic rings. The van der Waals surface area contributed by atoms with E-state index in [1.165, 1.54) is 0 Å². The predicted molar refractivity (Wildman–Crippen MR) is 176 cm³/mol. The number of urea groups is 1. The maximum Gasteiger partial charge on any atom is 0.320 e. The average molecular weight is 608 g/mol. The summed E-state index contributed by atoms with van der Waals surface area (Å²) in [6.45, 7) is 9.28. The second-order valence-electron chi connectivity index (χ2n) is 13.1. The summed E-state index contributed by atoms with van der Waals surface area (Å²) in [5.74, 6) is 2.18. The van der Waals surface area contributed by atoms with Crippen LogP contribution in [-0.2, 0) is 5.41 Å². The van der Waals surface area contributed by atoms with Crippen molar-refractivity contribution in [1.82, 2.24) is 20.4 Å². The Morgan fingerprint density at radius 1 is 1.07 bits per heavy atom. The van der Waals surface area contributed by atoms with Crippen molar-refractivity contribution >= 4 is 23.5 Å². The van der Waals surface area contributed by atoms with E-state index < -0.39 is 0 Å². The second kappa shape index (κ2) is 12.4. The molecule has 1 saturated heterocycles. The van der Waals surface area contributed by atoms with Crippen molar-refractivity contribution in [2.75, 3.05) is 17.6 Å². The number of nitrogens with two attached hydrogens (primary N) is 1. The fourth-order valence-electron chi connectivity index (χ4n) is 6.07. The Labute approximate surface area is 264 Å². The van der Waals surface area contributed by atoms with E-state index >= 15 is 0 Å². The second-order valence-corrected chi connectivity index (χ2v) is 13.1. The number of carbonyl (C=O) groups is 1. The smallest absolute Gasteiger partial charge is 0.320 e. The van der Waals surface area contributed by atoms with E-state index in [-0.39, 0.29) is 29.6 Å². The largest absolute Gasteiger partial charge is 0.483 e. The van der Waals surface area contributed by atoms with E-state index in [4.69, 9.17) is 21.0 Å². The molecule has 1 aliphatic heterocycles. The number of nitrogens with one attached hydrogen (secondary N) is 4. The molecule has 3 atom stereocenters. The van der Waals surface area contributed by atoms with Gasteiger partial charge < -0.3 is 21.1 Å². The van der Waals surface area contributed by atoms with E-state index in [1.54, 1.807) is 21.5 Å². The fraction of sp³-hybridized carbons (Fsp3) is 0.371. The highest BCUT2D eigenvalue weighted by molar-refractivity contribution is 5.89. The minimum atomic E-state index is -0.290. The summed E-state index contributed by atoms with van der Waals surface area (Å²) in [6, 6.07) is 21.3. The lowest BCUT2D eigenvalue weighted by molar-refractivity contribution is -0.544. The van der Waals surface area contributed by atoms with E-state index in [2.05, 4.69) is 48.9 Å². The van der Waals surface area contributed by atoms with Gasteiger partial charge in [0.1, 0.15) is 18.1 Å². The summed E-state index contributed by atoms with van der Waals surface area (Å²) in [4.78, 5) is 13.5. The zero-order valence-corrected chi connectivity index (χ0v) is 26.4. The number of fused-ring (bicyclic) bond motifs is 1. The van der Waals surface area contributed by atoms with E-state index in [0.717, 1.165) is 47.5 Å². The third-order valence-corrected chi connectivity index (χ3v) is 8.62. The van der Waals surface area contributed by atoms with Crippen molar-refractivity contribution < 1.29 is 14.1 Å². The van der Waals surface area contributed by atoms with E-state index in [9.17, 15) is 4.79 Å². The van der Waals surface area contributed by atoms with Gasteiger partial charge in [0.05, 0.1) is 23.5 Å². The molecule has 2 amide bonds. The van der Waals surface area contributed by atoms with Crippen molar-refractivity contribution in [1.29, 1.82) is 5.41 Å². The standard InChI is InChI=1S/C35H42N8O2/c1-22-11-13-23(14-12-22)43-32(20-30(41-43)35(2,3)4)40-34(44)39-27-16-17-29(26-9-6-5-8-25(26)27)45-24-15-18-31(36)42(21-24)33(37)28-10-7-19-38-28/h5-6,8-9,11-15,18,20-21,27-29,36-38H,7,10,16-17,19H2,1-4H3,(H2,39,40,41,44)/p+1/t27?,28-,29?/m1/s1. The Bertz CT molecular complexity index is 1700. The van der Waals surface area contributed by atoms with Gasteiger partial charge in [0.15, 0.2) is 5.75 Å². The molecule has 0 bridgehead atoms. The summed E-state index contributed by atoms with van der Waals surface area (Å²) in [5.41, 5.74) is 11.0. The Balaban J connectivity index is 1.19. The maximum atomic E-state index is 13.5. The molecule has 0 radical (unpaired) electrons. The summed E-state index contributed by atoms with van der Waals surface area (Å²) in [5, 5.41) is 23.2. The lowest BCUT2D eigenvalue weighted by Crippen LogP contribution is -2.53. The third kappa shape index (κ3) is 6.56. The average Bonchev–Trinajstić information content (AvgIpc) is 3.71. The van der Waals surface area contributed by atoms with Gasteiger partial charge in [-0.25, -0.2) is 14.0 Å². The SMILES string of the molecule is Cc1ccc(-n2nc(C(C)(C)C)cc2NC(=O)NC2CCC(Oc3ccc(N)[n+](C(=N)[C@H]4CCCN4)c3)c3ccccc32)cc1. The number of pyridine rings is 1. The highest BCUT2D eigenvalue weighted by atomic mass is 16.5. The maximum absolute atomic E-state index is 13.5. The first-order chi connectivity index (χ1) is 21.6. The van der Waals surface area contributed by atoms with Gasteiger partial charge in [0, 0.05) is 17.5 Å². The monoisotopic (exact) mass is 607 g/mol. The molecule has 10 nitrogen and oxygen atoms in total. The Kier molecular flexibility index (Phi) is 8.33. The van der Waals surface area contributed by atoms with Crippen LogP contribution in [0.15, 0.2) is 72.9 Å². The molecule has 6 rings (SSSR count). The molecule has 1 aliphatic carbocycles. The van der Waals surface area contributed by atoms with Gasteiger partial charge in [0.25, 0.3) is 5.84 Å². The van der Waals surface area contributed by atoms with Gasteiger partial charge in [-0.1, -0.05) is 62.7 Å². The third-order valence-electron chi connectivity index (χ3n) is 8.62. The van der Waals surface area contributed by atoms with Gasteiger partial charge in [-0.05, 0) is 68.5 Å². The number of amides is 2. The van der Waals surface area contributed by atoms with E-state index in [0.29, 0.717) is 36.1 Å². The van der Waals surface area contributed by atoms with Crippen molar-refractivity contribution in [3.63, 3.8) is 0 Å². The number of anilines is 2. The molecule has 0 spiro atoms. The number of aryl methyl sites for hydroxylation is 1. The van der Waals surface area contributed by atoms with Crippen LogP contribution in [0, 0.1) is 12.3 Å². The molecule has 234 valence electrons. The van der Waals surface area contributed by atoms with Crippen LogP contribution < -0.4 is 31.0 Å². The van der Waals surface area contributed by atoms with Crippen LogP contribution in [0.1, 0.15) is 81.0 Å². The number of ether oxygens (including phenoxy) is 1. The Morgan fingerprint density at radius 3 is 2.53 bits per heavy atom. The summed E-state index contributed by atoms with van der Waals surface area (Å²) >= 11 is 0. The predicted octanol–water partition coefficient (Wildman–Crippen LogP) is 5.70. The minimum Gasteiger partial charge on any atom is -0.483 e. The van der Waals surface area contributed by atoms with Crippen LogP contribution in [0.25, 0.3) is 5.69 Å². The molecule has 2 aromatic heterocycles. The van der Waals surface area contributed by atoms with Crippen molar-refractivity contribution in [3.8, 4) is 11.4 Å². The number of hydrogen-bond acceptors (Lipinski definition) is 6. The first-order valence-corrected chi connectivity index (χ1v) is 15.7. The van der Waals surface area contributed by atoms with E-state index in [1.807, 2.05) is 55.5 Å². The van der Waals surface area contributed by atoms with Gasteiger partial charge >= 0.3 is 6.03 Å². The first kappa shape index (κ1) is 30.3. The molecule has 10 heteroatoms. The van der Waals surface area contributed by atoms with Crippen LogP contribution in [0.3, 0.4) is 0 Å². The highest BCUT2D eigenvalue weighted by Crippen LogP contribution is 2.39. The topological polar surface area (TPSA) is 134 Å². The van der Waals surface area contributed by atoms with Gasteiger partial charge in [-0.3, -0.25) is 5.32 Å². The summed E-state index contributed by atoms with van der Waals surface area (Å²) in [6.07, 6.45) is 4.99. The lowest BCUT2D eigenvalue weighted by Gasteiger charge is -2.32. The molecule has 2 unspecified atom stereocenters. The van der Waals surface area contributed by atoms with Crippen LogP contribution >= 0.6 is 0 Å². The number of nitrogens with zero attached hydrogens (tertiary/aromatic N) is 3. The molecule has 3 heterocycles.